The molecule has 2 aromatic rings. The summed E-state index contributed by atoms with van der Waals surface area (Å²) in [5.41, 5.74) is 2.64. The number of carbonyl (C=O) groups is 2. The Bertz CT molecular complexity index is 968. The van der Waals surface area contributed by atoms with E-state index >= 15 is 0 Å². The molecule has 0 aromatic carbocycles. The van der Waals surface area contributed by atoms with E-state index in [1.54, 1.807) is 18.5 Å². The number of alkyl halides is 3. The molecule has 0 radical (unpaired) electrons. The van der Waals surface area contributed by atoms with Crippen LogP contribution >= 0.6 is 0 Å². The minimum atomic E-state index is -5.25. The third kappa shape index (κ3) is 5.35. The highest BCUT2D eigenvalue weighted by Gasteiger charge is 2.43. The van der Waals surface area contributed by atoms with Gasteiger partial charge in [0.15, 0.2) is 5.69 Å². The maximum atomic E-state index is 12.6. The van der Waals surface area contributed by atoms with Crippen molar-refractivity contribution in [3.8, 4) is 11.3 Å². The highest BCUT2D eigenvalue weighted by Crippen LogP contribution is 2.34. The number of aromatic nitrogens is 3. The number of carbonyl (C=O) groups excluding carboxylic acids is 2. The van der Waals surface area contributed by atoms with E-state index in [1.807, 2.05) is 0 Å². The molecule has 0 amide bonds. The second kappa shape index (κ2) is 10.2. The Hall–Kier alpha value is -2.75. The Labute approximate surface area is 184 Å². The van der Waals surface area contributed by atoms with Crippen LogP contribution in [0.5, 0.6) is 0 Å². The number of aryl methyl sites for hydroxylation is 2. The lowest BCUT2D eigenvalue weighted by Crippen LogP contribution is -2.29. The summed E-state index contributed by atoms with van der Waals surface area (Å²) in [5.74, 6) is -3.28. The van der Waals surface area contributed by atoms with Crippen LogP contribution in [0.15, 0.2) is 18.5 Å². The van der Waals surface area contributed by atoms with Crippen molar-refractivity contribution in [1.29, 1.82) is 0 Å². The van der Waals surface area contributed by atoms with Gasteiger partial charge < -0.3 is 10.1 Å². The number of nitrogens with zero attached hydrogens (tertiary/aromatic N) is 3. The predicted molar refractivity (Wildman–Crippen MR) is 111 cm³/mol. The minimum Gasteiger partial charge on any atom is -0.381 e. The third-order valence-corrected chi connectivity index (χ3v) is 5.77. The van der Waals surface area contributed by atoms with Crippen molar-refractivity contribution in [3.63, 3.8) is 0 Å². The summed E-state index contributed by atoms with van der Waals surface area (Å²) in [7, 11) is 0. The van der Waals surface area contributed by atoms with Crippen LogP contribution in [0.4, 0.5) is 13.2 Å². The number of pyridine rings is 1. The van der Waals surface area contributed by atoms with Crippen LogP contribution in [-0.2, 0) is 28.9 Å². The SMILES string of the molecule is CCC(CC)CNCCCn1nc2c(c1C(=O)OC(=O)C(F)(F)F)CCc1cnccc1-2. The number of fused-ring (bicyclic) bond motifs is 3. The lowest BCUT2D eigenvalue weighted by molar-refractivity contribution is -0.193. The van der Waals surface area contributed by atoms with E-state index in [0.29, 0.717) is 49.5 Å². The predicted octanol–water partition coefficient (Wildman–Crippen LogP) is 3.71. The van der Waals surface area contributed by atoms with E-state index in [-0.39, 0.29) is 5.69 Å². The monoisotopic (exact) mass is 452 g/mol. The molecule has 0 fully saturated rings. The number of hydrogen-bond acceptors (Lipinski definition) is 6. The standard InChI is InChI=1S/C22H27F3N4O3/c1-3-14(4-2)12-26-9-5-11-29-19(20(30)32-21(31)22(23,24)25)17-7-6-15-13-27-10-8-16(15)18(17)28-29/h8,10,13-14,26H,3-7,9,11-12H2,1-2H3. The van der Waals surface area contributed by atoms with Crippen molar-refractivity contribution in [2.45, 2.75) is 58.7 Å². The van der Waals surface area contributed by atoms with Crippen molar-refractivity contribution in [3.05, 3.63) is 35.3 Å². The minimum absolute atomic E-state index is 0.0972. The van der Waals surface area contributed by atoms with Gasteiger partial charge in [0.25, 0.3) is 0 Å². The van der Waals surface area contributed by atoms with Crippen LogP contribution in [0.1, 0.15) is 54.7 Å². The number of esters is 2. The second-order valence-corrected chi connectivity index (χ2v) is 7.85. The Kier molecular flexibility index (Phi) is 7.65. The van der Waals surface area contributed by atoms with E-state index in [1.165, 1.54) is 4.68 Å². The van der Waals surface area contributed by atoms with Gasteiger partial charge in [-0.15, -0.1) is 0 Å². The Morgan fingerprint density at radius 2 is 2.00 bits per heavy atom. The molecule has 0 atom stereocenters. The molecule has 0 saturated heterocycles. The number of rotatable bonds is 9. The topological polar surface area (TPSA) is 86.1 Å². The maximum Gasteiger partial charge on any atom is 0.491 e. The van der Waals surface area contributed by atoms with Crippen LogP contribution < -0.4 is 5.32 Å². The zero-order chi connectivity index (χ0) is 23.3. The van der Waals surface area contributed by atoms with Crippen molar-refractivity contribution in [2.75, 3.05) is 13.1 Å². The van der Waals surface area contributed by atoms with Crippen molar-refractivity contribution < 1.29 is 27.5 Å². The Morgan fingerprint density at radius 3 is 2.69 bits per heavy atom. The average molecular weight is 452 g/mol. The van der Waals surface area contributed by atoms with Crippen molar-refractivity contribution >= 4 is 11.9 Å². The van der Waals surface area contributed by atoms with E-state index in [9.17, 15) is 22.8 Å². The highest BCUT2D eigenvalue weighted by atomic mass is 19.4. The molecule has 1 N–H and O–H groups in total. The van der Waals surface area contributed by atoms with Gasteiger partial charge in [0.2, 0.25) is 0 Å². The van der Waals surface area contributed by atoms with Gasteiger partial charge in [-0.05, 0) is 49.9 Å². The van der Waals surface area contributed by atoms with Crippen LogP contribution in [0, 0.1) is 5.92 Å². The molecule has 7 nitrogen and oxygen atoms in total. The Balaban J connectivity index is 1.82. The van der Waals surface area contributed by atoms with E-state index in [0.717, 1.165) is 30.5 Å². The normalized spacial score (nSPS) is 13.1. The number of ether oxygens (including phenoxy) is 1. The number of hydrogen-bond donors (Lipinski definition) is 1. The fourth-order valence-electron chi connectivity index (χ4n) is 3.89. The maximum absolute atomic E-state index is 12.6. The summed E-state index contributed by atoms with van der Waals surface area (Å²) in [6.45, 7) is 6.11. The first-order valence-corrected chi connectivity index (χ1v) is 10.8. The van der Waals surface area contributed by atoms with Crippen LogP contribution in [0.25, 0.3) is 11.3 Å². The van der Waals surface area contributed by atoms with Crippen molar-refractivity contribution in [2.24, 2.45) is 5.92 Å². The summed E-state index contributed by atoms with van der Waals surface area (Å²) in [6.07, 6.45) is 1.77. The zero-order valence-electron chi connectivity index (χ0n) is 18.2. The van der Waals surface area contributed by atoms with E-state index in [2.05, 4.69) is 34.0 Å². The van der Waals surface area contributed by atoms with Gasteiger partial charge in [-0.3, -0.25) is 9.67 Å². The van der Waals surface area contributed by atoms with Gasteiger partial charge in [-0.1, -0.05) is 26.7 Å². The van der Waals surface area contributed by atoms with Gasteiger partial charge in [-0.25, -0.2) is 9.59 Å². The molecular weight excluding hydrogens is 425 g/mol. The van der Waals surface area contributed by atoms with Crippen LogP contribution in [-0.4, -0.2) is 46.0 Å². The summed E-state index contributed by atoms with van der Waals surface area (Å²) in [4.78, 5) is 27.9. The van der Waals surface area contributed by atoms with E-state index in [4.69, 9.17) is 0 Å². The lowest BCUT2D eigenvalue weighted by Gasteiger charge is -2.15. The second-order valence-electron chi connectivity index (χ2n) is 7.85. The van der Waals surface area contributed by atoms with E-state index < -0.39 is 18.1 Å². The summed E-state index contributed by atoms with van der Waals surface area (Å²) in [6, 6.07) is 1.76. The zero-order valence-corrected chi connectivity index (χ0v) is 18.2. The van der Waals surface area contributed by atoms with Gasteiger partial charge >= 0.3 is 18.1 Å². The molecule has 2 heterocycles. The molecule has 0 saturated carbocycles. The summed E-state index contributed by atoms with van der Waals surface area (Å²) in [5, 5.41) is 7.88. The molecule has 0 spiro atoms. The number of nitrogens with one attached hydrogen (secondary N) is 1. The molecule has 174 valence electrons. The third-order valence-electron chi connectivity index (χ3n) is 5.77. The average Bonchev–Trinajstić information content (AvgIpc) is 3.14. The van der Waals surface area contributed by atoms with Crippen molar-refractivity contribution in [1.82, 2.24) is 20.1 Å². The van der Waals surface area contributed by atoms with Gasteiger partial charge in [0.05, 0.1) is 5.69 Å². The molecule has 1 aliphatic rings. The first kappa shape index (κ1) is 23.9. The summed E-state index contributed by atoms with van der Waals surface area (Å²) < 4.78 is 43.4. The molecule has 0 aliphatic heterocycles. The molecule has 2 aromatic heterocycles. The van der Waals surface area contributed by atoms with Crippen LogP contribution in [0.3, 0.4) is 0 Å². The molecular formula is C22H27F3N4O3. The summed E-state index contributed by atoms with van der Waals surface area (Å²) >= 11 is 0. The van der Waals surface area contributed by atoms with Gasteiger partial charge in [0.1, 0.15) is 0 Å². The highest BCUT2D eigenvalue weighted by molar-refractivity contribution is 5.99. The number of halogens is 3. The van der Waals surface area contributed by atoms with Gasteiger partial charge in [-0.2, -0.15) is 18.3 Å². The molecule has 0 bridgehead atoms. The molecule has 1 aliphatic carbocycles. The largest absolute Gasteiger partial charge is 0.491 e. The molecule has 10 heteroatoms. The first-order valence-electron chi connectivity index (χ1n) is 10.8. The molecule has 0 unspecified atom stereocenters. The fourth-order valence-corrected chi connectivity index (χ4v) is 3.89. The fraction of sp³-hybridized carbons (Fsp3) is 0.545. The Morgan fingerprint density at radius 1 is 1.25 bits per heavy atom. The van der Waals surface area contributed by atoms with Gasteiger partial charge in [0, 0.05) is 30.1 Å². The quantitative estimate of drug-likeness (QED) is 0.355. The smallest absolute Gasteiger partial charge is 0.381 e. The van der Waals surface area contributed by atoms with Crippen LogP contribution in [0.2, 0.25) is 0 Å². The molecule has 32 heavy (non-hydrogen) atoms. The first-order chi connectivity index (χ1) is 15.3. The molecule has 3 rings (SSSR count). The lowest BCUT2D eigenvalue weighted by atomic mass is 9.90.